The van der Waals surface area contributed by atoms with Crippen molar-refractivity contribution in [3.8, 4) is 0 Å². The van der Waals surface area contributed by atoms with Gasteiger partial charge in [-0.2, -0.15) is 0 Å². The van der Waals surface area contributed by atoms with E-state index in [9.17, 15) is 9.59 Å². The molecule has 1 heterocycles. The Bertz CT molecular complexity index is 993. The number of aromatic nitrogens is 2. The Labute approximate surface area is 164 Å². The number of anilines is 1. The molecule has 0 saturated carbocycles. The Hall–Kier alpha value is -3.15. The predicted molar refractivity (Wildman–Crippen MR) is 113 cm³/mol. The van der Waals surface area contributed by atoms with E-state index >= 15 is 0 Å². The highest BCUT2D eigenvalue weighted by Gasteiger charge is 2.06. The van der Waals surface area contributed by atoms with Gasteiger partial charge >= 0.3 is 0 Å². The fourth-order valence-electron chi connectivity index (χ4n) is 3.06. The van der Waals surface area contributed by atoms with Crippen LogP contribution >= 0.6 is 0 Å². The molecule has 0 aliphatic carbocycles. The molecule has 0 spiro atoms. The lowest BCUT2D eigenvalue weighted by Crippen LogP contribution is -2.28. The first-order chi connectivity index (χ1) is 13.5. The number of amides is 1. The van der Waals surface area contributed by atoms with Gasteiger partial charge < -0.3 is 10.2 Å². The average molecular weight is 378 g/mol. The smallest absolute Gasteiger partial charge is 0.261 e. The molecule has 0 saturated heterocycles. The van der Waals surface area contributed by atoms with E-state index in [1.165, 1.54) is 22.1 Å². The number of nitrogens with one attached hydrogen (secondary N) is 1. The van der Waals surface area contributed by atoms with E-state index in [4.69, 9.17) is 0 Å². The molecular weight excluding hydrogens is 352 g/mol. The third-order valence-electron chi connectivity index (χ3n) is 4.73. The van der Waals surface area contributed by atoms with Crippen molar-refractivity contribution in [1.82, 2.24) is 14.9 Å². The molecule has 0 atom stereocenters. The van der Waals surface area contributed by atoms with Crippen LogP contribution in [0, 0.1) is 0 Å². The van der Waals surface area contributed by atoms with E-state index in [0.29, 0.717) is 24.0 Å². The summed E-state index contributed by atoms with van der Waals surface area (Å²) in [5, 5.41) is 3.50. The molecule has 3 aromatic rings. The van der Waals surface area contributed by atoms with Crippen molar-refractivity contribution < 1.29 is 4.79 Å². The molecule has 2 aromatic carbocycles. The molecule has 146 valence electrons. The van der Waals surface area contributed by atoms with Crippen molar-refractivity contribution >= 4 is 22.5 Å². The summed E-state index contributed by atoms with van der Waals surface area (Å²) in [7, 11) is 4.04. The van der Waals surface area contributed by atoms with Gasteiger partial charge in [0.1, 0.15) is 0 Å². The van der Waals surface area contributed by atoms with Crippen LogP contribution in [0.15, 0.2) is 59.7 Å². The van der Waals surface area contributed by atoms with Gasteiger partial charge in [0.15, 0.2) is 0 Å². The van der Waals surface area contributed by atoms with Crippen molar-refractivity contribution in [3.05, 3.63) is 70.8 Å². The lowest BCUT2D eigenvalue weighted by molar-refractivity contribution is -0.121. The van der Waals surface area contributed by atoms with Crippen LogP contribution < -0.4 is 15.8 Å². The van der Waals surface area contributed by atoms with Crippen molar-refractivity contribution in [1.29, 1.82) is 0 Å². The molecule has 1 aromatic heterocycles. The Morgan fingerprint density at radius 1 is 1.11 bits per heavy atom. The topological polar surface area (TPSA) is 67.2 Å². The molecule has 6 nitrogen and oxygen atoms in total. The number of aryl methyl sites for hydroxylation is 2. The minimum absolute atomic E-state index is 0.0528. The van der Waals surface area contributed by atoms with Crippen LogP contribution in [0.25, 0.3) is 10.9 Å². The van der Waals surface area contributed by atoms with Crippen LogP contribution in [0.1, 0.15) is 18.4 Å². The van der Waals surface area contributed by atoms with E-state index in [2.05, 4.69) is 39.5 Å². The summed E-state index contributed by atoms with van der Waals surface area (Å²) in [6.45, 7) is 0.952. The van der Waals surface area contributed by atoms with Gasteiger partial charge in [0.05, 0.1) is 17.2 Å². The highest BCUT2D eigenvalue weighted by atomic mass is 16.1. The number of benzene rings is 2. The maximum Gasteiger partial charge on any atom is 0.261 e. The second-order valence-electron chi connectivity index (χ2n) is 7.02. The van der Waals surface area contributed by atoms with E-state index in [1.54, 1.807) is 6.07 Å². The van der Waals surface area contributed by atoms with Crippen LogP contribution in [0.3, 0.4) is 0 Å². The summed E-state index contributed by atoms with van der Waals surface area (Å²) in [5.74, 6) is -0.0528. The lowest BCUT2D eigenvalue weighted by atomic mass is 10.1. The maximum absolute atomic E-state index is 12.4. The highest BCUT2D eigenvalue weighted by molar-refractivity contribution is 5.77. The van der Waals surface area contributed by atoms with Crippen LogP contribution in [-0.2, 0) is 17.8 Å². The second-order valence-corrected chi connectivity index (χ2v) is 7.02. The molecule has 0 fully saturated rings. The summed E-state index contributed by atoms with van der Waals surface area (Å²) in [6, 6.07) is 15.7. The molecule has 28 heavy (non-hydrogen) atoms. The lowest BCUT2D eigenvalue weighted by Gasteiger charge is -2.12. The minimum atomic E-state index is -0.112. The zero-order valence-electron chi connectivity index (χ0n) is 16.4. The third kappa shape index (κ3) is 4.97. The fourth-order valence-corrected chi connectivity index (χ4v) is 3.06. The standard InChI is InChI=1S/C22H26N4O2/c1-25(2)18-11-9-17(10-12-18)6-5-14-23-21(27)13-15-26-16-24-20-8-4-3-7-19(20)22(26)28/h3-4,7-12,16H,5-6,13-15H2,1-2H3,(H,23,27). The van der Waals surface area contributed by atoms with E-state index in [1.807, 2.05) is 32.3 Å². The number of rotatable bonds is 8. The van der Waals surface area contributed by atoms with Gasteiger partial charge in [-0.3, -0.25) is 14.2 Å². The minimum Gasteiger partial charge on any atom is -0.378 e. The quantitative estimate of drug-likeness (QED) is 0.612. The first kappa shape index (κ1) is 19.6. The Morgan fingerprint density at radius 3 is 2.61 bits per heavy atom. The monoisotopic (exact) mass is 378 g/mol. The van der Waals surface area contributed by atoms with E-state index < -0.39 is 0 Å². The van der Waals surface area contributed by atoms with Crippen molar-refractivity contribution in [2.45, 2.75) is 25.8 Å². The molecule has 0 aliphatic heterocycles. The van der Waals surface area contributed by atoms with E-state index in [-0.39, 0.29) is 17.9 Å². The van der Waals surface area contributed by atoms with Gasteiger partial charge in [-0.05, 0) is 42.7 Å². The van der Waals surface area contributed by atoms with Crippen molar-refractivity contribution in [3.63, 3.8) is 0 Å². The molecule has 1 amide bonds. The SMILES string of the molecule is CN(C)c1ccc(CCCNC(=O)CCn2cnc3ccccc3c2=O)cc1. The van der Waals surface area contributed by atoms with Crippen LogP contribution in [-0.4, -0.2) is 36.1 Å². The normalized spacial score (nSPS) is 10.8. The van der Waals surface area contributed by atoms with Gasteiger partial charge in [-0.25, -0.2) is 4.98 Å². The van der Waals surface area contributed by atoms with Crippen molar-refractivity contribution in [2.24, 2.45) is 0 Å². The summed E-state index contributed by atoms with van der Waals surface area (Å²) in [6.07, 6.45) is 3.57. The molecular formula is C22H26N4O2. The molecule has 3 rings (SSSR count). The molecule has 0 radical (unpaired) electrons. The van der Waals surface area contributed by atoms with Gasteiger partial charge in [0, 0.05) is 39.3 Å². The largest absolute Gasteiger partial charge is 0.378 e. The first-order valence-electron chi connectivity index (χ1n) is 9.52. The summed E-state index contributed by atoms with van der Waals surface area (Å²) >= 11 is 0. The summed E-state index contributed by atoms with van der Waals surface area (Å²) in [5.41, 5.74) is 3.00. The third-order valence-corrected chi connectivity index (χ3v) is 4.73. The number of nitrogens with zero attached hydrogens (tertiary/aromatic N) is 3. The number of hydrogen-bond donors (Lipinski definition) is 1. The van der Waals surface area contributed by atoms with Gasteiger partial charge in [0.25, 0.3) is 5.56 Å². The van der Waals surface area contributed by atoms with Crippen LogP contribution in [0.2, 0.25) is 0 Å². The predicted octanol–water partition coefficient (Wildman–Crippen LogP) is 2.60. The molecule has 6 heteroatoms. The Kier molecular flexibility index (Phi) is 6.42. The molecule has 0 unspecified atom stereocenters. The van der Waals surface area contributed by atoms with Gasteiger partial charge in [-0.1, -0.05) is 24.3 Å². The molecule has 0 bridgehead atoms. The molecule has 0 aliphatic rings. The number of fused-ring (bicyclic) bond motifs is 1. The summed E-state index contributed by atoms with van der Waals surface area (Å²) in [4.78, 5) is 30.8. The number of hydrogen-bond acceptors (Lipinski definition) is 4. The summed E-state index contributed by atoms with van der Waals surface area (Å²) < 4.78 is 1.49. The maximum atomic E-state index is 12.4. The number of carbonyl (C=O) groups excluding carboxylic acids is 1. The number of carbonyl (C=O) groups is 1. The fraction of sp³-hybridized carbons (Fsp3) is 0.318. The highest BCUT2D eigenvalue weighted by Crippen LogP contribution is 2.13. The van der Waals surface area contributed by atoms with E-state index in [0.717, 1.165) is 12.8 Å². The molecule has 1 N–H and O–H groups in total. The Balaban J connectivity index is 1.42. The van der Waals surface area contributed by atoms with Crippen LogP contribution in [0.4, 0.5) is 5.69 Å². The zero-order chi connectivity index (χ0) is 19.9. The second kappa shape index (κ2) is 9.17. The first-order valence-corrected chi connectivity index (χ1v) is 9.52. The zero-order valence-corrected chi connectivity index (χ0v) is 16.4. The van der Waals surface area contributed by atoms with Gasteiger partial charge in [-0.15, -0.1) is 0 Å². The number of para-hydroxylation sites is 1. The van der Waals surface area contributed by atoms with Crippen molar-refractivity contribution in [2.75, 3.05) is 25.5 Å². The van der Waals surface area contributed by atoms with Gasteiger partial charge in [0.2, 0.25) is 5.91 Å². The van der Waals surface area contributed by atoms with Crippen LogP contribution in [0.5, 0.6) is 0 Å². The average Bonchev–Trinajstić information content (AvgIpc) is 2.71. The Morgan fingerprint density at radius 2 is 1.86 bits per heavy atom.